The highest BCUT2D eigenvalue weighted by Crippen LogP contribution is 2.22. The Bertz CT molecular complexity index is 2380. The van der Waals surface area contributed by atoms with Crippen LogP contribution >= 0.6 is 0 Å². The summed E-state index contributed by atoms with van der Waals surface area (Å²) in [6, 6.07) is 16.8. The highest BCUT2D eigenvalue weighted by atomic mass is 16.4. The number of aromatic amines is 3. The van der Waals surface area contributed by atoms with Crippen LogP contribution in [-0.2, 0) is 48.0 Å². The summed E-state index contributed by atoms with van der Waals surface area (Å²) >= 11 is 0. The van der Waals surface area contributed by atoms with E-state index < -0.39 is 72.1 Å². The monoisotopic (exact) mass is 748 g/mol. The number of carbonyl (C=O) groups excluding carboxylic acids is 4. The average Bonchev–Trinajstić information content (AvgIpc) is 3.89. The molecule has 3 aromatic heterocycles. The van der Waals surface area contributed by atoms with Gasteiger partial charge in [-0.2, -0.15) is 0 Å². The third-order valence-electron chi connectivity index (χ3n) is 9.64. The summed E-state index contributed by atoms with van der Waals surface area (Å²) in [5.41, 5.74) is 16.4. The number of para-hydroxylation sites is 3. The van der Waals surface area contributed by atoms with E-state index >= 15 is 0 Å². The molecule has 0 bridgehead atoms. The SMILES string of the molecule is NC(=O)[C@H](CC(C(=O)O)C(=O)O)NC(=O)[C@@H](Cc1c[nH]c2ccccc12)NC(=O)[C@@H](Cc1c[nH]c2ccccc12)NC(=O)[C@H](N)Cc1c[nH]c2ccccc12. The van der Waals surface area contributed by atoms with E-state index in [1.165, 1.54) is 0 Å². The molecule has 6 rings (SSSR count). The first kappa shape index (κ1) is 37.8. The second-order valence-corrected chi connectivity index (χ2v) is 13.3. The van der Waals surface area contributed by atoms with Gasteiger partial charge in [-0.3, -0.25) is 28.8 Å². The minimum absolute atomic E-state index is 0.00830. The number of H-pyrrole nitrogens is 3. The normalized spacial score (nSPS) is 13.6. The summed E-state index contributed by atoms with van der Waals surface area (Å²) in [6.07, 6.45) is 4.34. The molecular weight excluding hydrogens is 708 g/mol. The summed E-state index contributed by atoms with van der Waals surface area (Å²) in [5, 5.41) is 29.1. The molecule has 12 N–H and O–H groups in total. The fourth-order valence-electron chi connectivity index (χ4n) is 6.70. The number of hydrogen-bond donors (Lipinski definition) is 10. The van der Waals surface area contributed by atoms with Crippen molar-refractivity contribution in [2.45, 2.75) is 49.9 Å². The number of aromatic nitrogens is 3. The van der Waals surface area contributed by atoms with Gasteiger partial charge in [-0.1, -0.05) is 54.6 Å². The number of benzene rings is 3. The number of amides is 4. The first-order chi connectivity index (χ1) is 26.4. The van der Waals surface area contributed by atoms with Gasteiger partial charge in [0.2, 0.25) is 23.6 Å². The van der Waals surface area contributed by atoms with Crippen molar-refractivity contribution in [3.63, 3.8) is 0 Å². The summed E-state index contributed by atoms with van der Waals surface area (Å²) in [4.78, 5) is 87.0. The molecule has 4 atom stereocenters. The molecule has 0 radical (unpaired) electrons. The Kier molecular flexibility index (Phi) is 11.3. The topological polar surface area (TPSA) is 278 Å². The van der Waals surface area contributed by atoms with Gasteiger partial charge in [0.15, 0.2) is 5.92 Å². The molecule has 284 valence electrons. The first-order valence-corrected chi connectivity index (χ1v) is 17.5. The minimum Gasteiger partial charge on any atom is -0.481 e. The number of nitrogens with two attached hydrogens (primary N) is 2. The van der Waals surface area contributed by atoms with Gasteiger partial charge >= 0.3 is 11.9 Å². The Balaban J connectivity index is 1.29. The molecule has 0 fully saturated rings. The van der Waals surface area contributed by atoms with Crippen LogP contribution in [-0.4, -0.2) is 84.9 Å². The molecule has 4 amide bonds. The van der Waals surface area contributed by atoms with Gasteiger partial charge in [-0.15, -0.1) is 0 Å². The lowest BCUT2D eigenvalue weighted by molar-refractivity contribution is -0.155. The van der Waals surface area contributed by atoms with Crippen molar-refractivity contribution >= 4 is 68.3 Å². The molecule has 0 saturated heterocycles. The number of rotatable bonds is 17. The van der Waals surface area contributed by atoms with Crippen molar-refractivity contribution in [2.75, 3.05) is 0 Å². The number of fused-ring (bicyclic) bond motifs is 3. The lowest BCUT2D eigenvalue weighted by Gasteiger charge is -2.26. The minimum atomic E-state index is -2.05. The van der Waals surface area contributed by atoms with Crippen LogP contribution in [0.25, 0.3) is 32.7 Å². The van der Waals surface area contributed by atoms with Gasteiger partial charge < -0.3 is 52.6 Å². The molecule has 0 spiro atoms. The number of hydrogen-bond acceptors (Lipinski definition) is 7. The third-order valence-corrected chi connectivity index (χ3v) is 9.64. The van der Waals surface area contributed by atoms with Crippen LogP contribution in [0.3, 0.4) is 0 Å². The van der Waals surface area contributed by atoms with Crippen LogP contribution < -0.4 is 27.4 Å². The maximum absolute atomic E-state index is 14.3. The quantitative estimate of drug-likeness (QED) is 0.0606. The lowest BCUT2D eigenvalue weighted by atomic mass is 9.98. The van der Waals surface area contributed by atoms with Crippen LogP contribution in [0.1, 0.15) is 23.1 Å². The van der Waals surface area contributed by atoms with Crippen LogP contribution in [0.2, 0.25) is 0 Å². The van der Waals surface area contributed by atoms with Gasteiger partial charge in [0.1, 0.15) is 18.1 Å². The van der Waals surface area contributed by atoms with Gasteiger partial charge in [-0.25, -0.2) is 0 Å². The maximum atomic E-state index is 14.3. The molecule has 0 unspecified atom stereocenters. The number of aliphatic carboxylic acids is 2. The number of carboxylic acids is 2. The predicted octanol–water partition coefficient (Wildman–Crippen LogP) is 1.60. The zero-order chi connectivity index (χ0) is 39.2. The molecule has 3 aromatic carbocycles. The zero-order valence-corrected chi connectivity index (χ0v) is 29.4. The van der Waals surface area contributed by atoms with Crippen molar-refractivity contribution in [3.8, 4) is 0 Å². The lowest BCUT2D eigenvalue weighted by Crippen LogP contribution is -2.59. The Morgan fingerprint density at radius 2 is 0.909 bits per heavy atom. The van der Waals surface area contributed by atoms with E-state index in [4.69, 9.17) is 11.5 Å². The fourth-order valence-corrected chi connectivity index (χ4v) is 6.70. The average molecular weight is 749 g/mol. The van der Waals surface area contributed by atoms with E-state index in [1.807, 2.05) is 66.7 Å². The van der Waals surface area contributed by atoms with Gasteiger partial charge in [-0.05, 0) is 41.3 Å². The Morgan fingerprint density at radius 3 is 1.31 bits per heavy atom. The molecule has 16 nitrogen and oxygen atoms in total. The molecule has 3 heterocycles. The van der Waals surface area contributed by atoms with E-state index in [2.05, 4.69) is 30.9 Å². The molecule has 0 saturated carbocycles. The van der Waals surface area contributed by atoms with Gasteiger partial charge in [0, 0.05) is 70.6 Å². The molecule has 0 aliphatic heterocycles. The van der Waals surface area contributed by atoms with E-state index in [1.54, 1.807) is 24.7 Å². The van der Waals surface area contributed by atoms with Crippen LogP contribution in [0.15, 0.2) is 91.4 Å². The first-order valence-electron chi connectivity index (χ1n) is 17.5. The Hall–Kier alpha value is -6.94. The Labute approximate surface area is 313 Å². The summed E-state index contributed by atoms with van der Waals surface area (Å²) < 4.78 is 0. The highest BCUT2D eigenvalue weighted by Gasteiger charge is 2.35. The number of primary amides is 1. The predicted molar refractivity (Wildman–Crippen MR) is 202 cm³/mol. The van der Waals surface area contributed by atoms with Gasteiger partial charge in [0.05, 0.1) is 6.04 Å². The highest BCUT2D eigenvalue weighted by molar-refractivity contribution is 5.98. The second-order valence-electron chi connectivity index (χ2n) is 13.3. The maximum Gasteiger partial charge on any atom is 0.317 e. The van der Waals surface area contributed by atoms with E-state index in [9.17, 15) is 39.0 Å². The molecule has 0 aliphatic carbocycles. The van der Waals surface area contributed by atoms with Crippen molar-refractivity contribution in [3.05, 3.63) is 108 Å². The summed E-state index contributed by atoms with van der Waals surface area (Å²) in [5.74, 6) is -9.00. The van der Waals surface area contributed by atoms with E-state index in [0.717, 1.165) is 38.3 Å². The van der Waals surface area contributed by atoms with E-state index in [-0.39, 0.29) is 19.3 Å². The molecular formula is C39H40N8O8. The van der Waals surface area contributed by atoms with Crippen molar-refractivity contribution in [2.24, 2.45) is 17.4 Å². The molecule has 0 aliphatic rings. The van der Waals surface area contributed by atoms with Crippen molar-refractivity contribution in [1.82, 2.24) is 30.9 Å². The third kappa shape index (κ3) is 8.66. The fraction of sp³-hybridized carbons (Fsp3) is 0.231. The molecule has 16 heteroatoms. The zero-order valence-electron chi connectivity index (χ0n) is 29.4. The molecule has 55 heavy (non-hydrogen) atoms. The summed E-state index contributed by atoms with van der Waals surface area (Å²) in [7, 11) is 0. The van der Waals surface area contributed by atoms with Crippen molar-refractivity contribution in [1.29, 1.82) is 0 Å². The summed E-state index contributed by atoms with van der Waals surface area (Å²) in [6.45, 7) is 0. The van der Waals surface area contributed by atoms with Crippen LogP contribution in [0.5, 0.6) is 0 Å². The van der Waals surface area contributed by atoms with Crippen LogP contribution in [0, 0.1) is 5.92 Å². The van der Waals surface area contributed by atoms with Crippen LogP contribution in [0.4, 0.5) is 0 Å². The Morgan fingerprint density at radius 1 is 0.545 bits per heavy atom. The number of carbonyl (C=O) groups is 6. The van der Waals surface area contributed by atoms with E-state index in [0.29, 0.717) is 11.1 Å². The largest absolute Gasteiger partial charge is 0.481 e. The second kappa shape index (κ2) is 16.4. The molecule has 6 aromatic rings. The van der Waals surface area contributed by atoms with Crippen molar-refractivity contribution < 1.29 is 39.0 Å². The van der Waals surface area contributed by atoms with Gasteiger partial charge in [0.25, 0.3) is 0 Å². The smallest absolute Gasteiger partial charge is 0.317 e. The number of nitrogens with one attached hydrogen (secondary N) is 6. The standard InChI is InChI=1S/C39H40N8O8/c40-27(13-20-17-42-28-10-4-1-7-23(20)28)35(49)46-32(14-21-18-43-29-11-5-2-8-24(21)29)37(51)47-33(15-22-19-44-30-12-6-3-9-25(22)30)36(50)45-31(34(41)48)16-26(38(52)53)39(54)55/h1-12,17-19,26-27,31-33,42-44H,13-16,40H2,(H2,41,48)(H,45,50)(H,46,49)(H,47,51)(H,52,53)(H,54,55)/t27-,31+,32-,33-/m1/s1. The number of carboxylic acid groups (broad SMARTS) is 2.